The summed E-state index contributed by atoms with van der Waals surface area (Å²) in [6, 6.07) is 3.75. The number of aryl methyl sites for hydroxylation is 1. The molecule has 1 aromatic rings. The van der Waals surface area contributed by atoms with Crippen LogP contribution in [0.25, 0.3) is 0 Å². The van der Waals surface area contributed by atoms with Crippen molar-refractivity contribution in [1.29, 1.82) is 0 Å². The Morgan fingerprint density at radius 3 is 2.21 bits per heavy atom. The number of hydrogen-bond acceptors (Lipinski definition) is 2. The third kappa shape index (κ3) is 7.17. The van der Waals surface area contributed by atoms with Crippen LogP contribution in [0.4, 0.5) is 0 Å². The molecule has 0 amide bonds. The van der Waals surface area contributed by atoms with Crippen LogP contribution in [0, 0.1) is 59.7 Å². The lowest BCUT2D eigenvalue weighted by Gasteiger charge is -2.57. The Hall–Kier alpha value is -1.05. The Labute approximate surface area is 238 Å². The molecule has 0 radical (unpaired) electrons. The van der Waals surface area contributed by atoms with E-state index in [9.17, 15) is 5.11 Å². The smallest absolute Gasteiger partial charge is 0.137 e. The van der Waals surface area contributed by atoms with Gasteiger partial charge >= 0.3 is 0 Å². The molecular weight excluding hydrogens is 462 g/mol. The van der Waals surface area contributed by atoms with Gasteiger partial charge in [0.05, 0.1) is 5.69 Å². The molecule has 1 N–H and O–H groups in total. The second-order valence-corrected chi connectivity index (χ2v) is 13.1. The zero-order valence-electron chi connectivity index (χ0n) is 27.2. The highest BCUT2D eigenvalue weighted by Gasteiger charge is 2.57. The number of nitrogens with zero attached hydrogens (tertiary/aromatic N) is 1. The zero-order chi connectivity index (χ0) is 28.5. The molecule has 0 bridgehead atoms. The van der Waals surface area contributed by atoms with Crippen molar-refractivity contribution in [2.45, 2.75) is 146 Å². The summed E-state index contributed by atoms with van der Waals surface area (Å²) < 4.78 is 0. The van der Waals surface area contributed by atoms with E-state index >= 15 is 0 Å². The standard InChI is InChI=1S/C29H45NO.C3H8.2C2H6/c1-5-20-7-9-22-21(17-20)8-10-24-23(22)14-15-29(4)25(11-12-26(24)29)18(2)16-27-28(31)13-6-19(3)30-27;1-3-2;2*1-2/h6,13,18,20-26,31H,5,7-12,14-17H2,1-4H3;3H2,1-2H3;2*1-2H3. The number of rotatable bonds is 4. The maximum atomic E-state index is 10.4. The Balaban J connectivity index is 0.000000665. The maximum absolute atomic E-state index is 10.4. The molecule has 4 aliphatic carbocycles. The first kappa shape index (κ1) is 33.2. The maximum Gasteiger partial charge on any atom is 0.137 e. The molecule has 4 aliphatic rings. The summed E-state index contributed by atoms with van der Waals surface area (Å²) in [4.78, 5) is 4.68. The van der Waals surface area contributed by atoms with Crippen molar-refractivity contribution in [2.24, 2.45) is 52.8 Å². The fraction of sp³-hybridized carbons (Fsp3) is 0.861. The second kappa shape index (κ2) is 15.7. The summed E-state index contributed by atoms with van der Waals surface area (Å²) in [7, 11) is 0. The van der Waals surface area contributed by atoms with Crippen molar-refractivity contribution < 1.29 is 5.11 Å². The highest BCUT2D eigenvalue weighted by Crippen LogP contribution is 2.65. The Bertz CT molecular complexity index is 805. The van der Waals surface area contributed by atoms with Gasteiger partial charge in [0.15, 0.2) is 0 Å². The Morgan fingerprint density at radius 2 is 1.55 bits per heavy atom. The predicted molar refractivity (Wildman–Crippen MR) is 167 cm³/mol. The Morgan fingerprint density at radius 1 is 0.895 bits per heavy atom. The molecule has 5 rings (SSSR count). The van der Waals surface area contributed by atoms with Crippen molar-refractivity contribution >= 4 is 0 Å². The van der Waals surface area contributed by atoms with E-state index in [1.807, 2.05) is 46.8 Å². The number of hydrogen-bond donors (Lipinski definition) is 1. The number of fused-ring (bicyclic) bond motifs is 5. The SMILES string of the molecule is CC.CC.CCC.CCC1CCC2C(CCC3C2CCC2(C)C(C(C)Cc4nc(C)ccc4O)CCC32)C1. The first-order valence-corrected chi connectivity index (χ1v) is 17.0. The molecule has 38 heavy (non-hydrogen) atoms. The van der Waals surface area contributed by atoms with E-state index in [2.05, 4.69) is 39.6 Å². The molecule has 9 atom stereocenters. The van der Waals surface area contributed by atoms with Gasteiger partial charge in [0.25, 0.3) is 0 Å². The van der Waals surface area contributed by atoms with Gasteiger partial charge < -0.3 is 5.11 Å². The molecule has 1 aromatic heterocycles. The van der Waals surface area contributed by atoms with Gasteiger partial charge in [-0.2, -0.15) is 0 Å². The molecular formula is C36H65NO. The van der Waals surface area contributed by atoms with Gasteiger partial charge in [-0.3, -0.25) is 4.98 Å². The minimum absolute atomic E-state index is 0.391. The molecule has 4 fully saturated rings. The van der Waals surface area contributed by atoms with E-state index in [1.165, 1.54) is 64.2 Å². The lowest BCUT2D eigenvalue weighted by molar-refractivity contribution is -0.0738. The van der Waals surface area contributed by atoms with Gasteiger partial charge in [-0.1, -0.05) is 81.6 Å². The topological polar surface area (TPSA) is 33.1 Å². The third-order valence-corrected chi connectivity index (χ3v) is 11.0. The lowest BCUT2D eigenvalue weighted by Crippen LogP contribution is -2.49. The van der Waals surface area contributed by atoms with E-state index in [1.54, 1.807) is 6.42 Å². The van der Waals surface area contributed by atoms with Gasteiger partial charge in [-0.15, -0.1) is 0 Å². The van der Waals surface area contributed by atoms with Crippen molar-refractivity contribution in [2.75, 3.05) is 0 Å². The molecule has 0 aliphatic heterocycles. The van der Waals surface area contributed by atoms with Crippen LogP contribution in [0.5, 0.6) is 5.75 Å². The minimum Gasteiger partial charge on any atom is -0.506 e. The summed E-state index contributed by atoms with van der Waals surface area (Å²) in [5.41, 5.74) is 2.44. The lowest BCUT2D eigenvalue weighted by atomic mass is 9.48. The van der Waals surface area contributed by atoms with Crippen molar-refractivity contribution in [3.63, 3.8) is 0 Å². The van der Waals surface area contributed by atoms with Crippen LogP contribution in [-0.4, -0.2) is 10.1 Å². The summed E-state index contributed by atoms with van der Waals surface area (Å²) in [5, 5.41) is 10.4. The predicted octanol–water partition coefficient (Wildman–Crippen LogP) is 11.0. The van der Waals surface area contributed by atoms with E-state index in [-0.39, 0.29) is 0 Å². The number of pyridine rings is 1. The van der Waals surface area contributed by atoms with Crippen LogP contribution in [0.15, 0.2) is 12.1 Å². The number of aromatic nitrogens is 1. The third-order valence-electron chi connectivity index (χ3n) is 11.0. The molecule has 2 nitrogen and oxygen atoms in total. The van der Waals surface area contributed by atoms with E-state index in [4.69, 9.17) is 0 Å². The summed E-state index contributed by atoms with van der Waals surface area (Å²) in [6.45, 7) is 21.8. The summed E-state index contributed by atoms with van der Waals surface area (Å²) in [5.74, 6) is 7.88. The normalized spacial score (nSPS) is 35.9. The highest BCUT2D eigenvalue weighted by molar-refractivity contribution is 5.28. The molecule has 2 heteroatoms. The van der Waals surface area contributed by atoms with Gasteiger partial charge in [-0.25, -0.2) is 0 Å². The summed E-state index contributed by atoms with van der Waals surface area (Å²) in [6.07, 6.45) is 17.0. The van der Waals surface area contributed by atoms with Crippen LogP contribution in [0.3, 0.4) is 0 Å². The molecule has 0 spiro atoms. The second-order valence-electron chi connectivity index (χ2n) is 13.1. The minimum atomic E-state index is 0.391. The fourth-order valence-corrected chi connectivity index (χ4v) is 9.50. The largest absolute Gasteiger partial charge is 0.506 e. The van der Waals surface area contributed by atoms with Gasteiger partial charge in [0, 0.05) is 5.69 Å². The molecule has 1 heterocycles. The zero-order valence-corrected chi connectivity index (χ0v) is 27.2. The van der Waals surface area contributed by atoms with E-state index in [0.29, 0.717) is 17.1 Å². The number of aromatic hydroxyl groups is 1. The van der Waals surface area contributed by atoms with Gasteiger partial charge in [-0.05, 0) is 130 Å². The molecule has 0 saturated heterocycles. The summed E-state index contributed by atoms with van der Waals surface area (Å²) >= 11 is 0. The van der Waals surface area contributed by atoms with Gasteiger partial charge in [0.1, 0.15) is 5.75 Å². The fourth-order valence-electron chi connectivity index (χ4n) is 9.50. The van der Waals surface area contributed by atoms with E-state index < -0.39 is 0 Å². The van der Waals surface area contributed by atoms with Crippen molar-refractivity contribution in [3.05, 3.63) is 23.5 Å². The molecule has 220 valence electrons. The van der Waals surface area contributed by atoms with Crippen LogP contribution in [-0.2, 0) is 6.42 Å². The average Bonchev–Trinajstić information content (AvgIpc) is 3.30. The molecule has 4 saturated carbocycles. The van der Waals surface area contributed by atoms with Gasteiger partial charge in [0.2, 0.25) is 0 Å². The van der Waals surface area contributed by atoms with Crippen LogP contribution < -0.4 is 0 Å². The molecule has 0 aromatic carbocycles. The van der Waals surface area contributed by atoms with Crippen molar-refractivity contribution in [1.82, 2.24) is 4.98 Å². The first-order chi connectivity index (χ1) is 18.3. The first-order valence-electron chi connectivity index (χ1n) is 17.0. The molecule has 9 unspecified atom stereocenters. The average molecular weight is 528 g/mol. The highest BCUT2D eigenvalue weighted by atomic mass is 16.3. The van der Waals surface area contributed by atoms with Crippen LogP contribution in [0.1, 0.15) is 144 Å². The van der Waals surface area contributed by atoms with E-state index in [0.717, 1.165) is 59.2 Å². The quantitative estimate of drug-likeness (QED) is 0.422. The Kier molecular flexibility index (Phi) is 13.7. The monoisotopic (exact) mass is 528 g/mol. The van der Waals surface area contributed by atoms with Crippen LogP contribution in [0.2, 0.25) is 0 Å². The van der Waals surface area contributed by atoms with Crippen LogP contribution >= 0.6 is 0 Å². The van der Waals surface area contributed by atoms with Crippen molar-refractivity contribution in [3.8, 4) is 5.75 Å².